The minimum atomic E-state index is -0.827. The second-order valence-electron chi connectivity index (χ2n) is 7.22. The Morgan fingerprint density at radius 1 is 1.16 bits per heavy atom. The number of thiazole rings is 1. The molecule has 0 fully saturated rings. The molecule has 0 radical (unpaired) electrons. The minimum absolute atomic E-state index is 0.0606. The fourth-order valence-electron chi connectivity index (χ4n) is 3.49. The SMILES string of the molecule is COc1cc(OC)cc(-c2nc(C)c(COc3ccc4c(c3)OCC4CC(=O)O)s2)c1. The van der Waals surface area contributed by atoms with Crippen LogP contribution in [0.25, 0.3) is 10.6 Å². The molecule has 7 nitrogen and oxygen atoms in total. The zero-order chi connectivity index (χ0) is 22.0. The highest BCUT2D eigenvalue weighted by atomic mass is 32.1. The van der Waals surface area contributed by atoms with Crippen LogP contribution in [0.1, 0.15) is 28.5 Å². The van der Waals surface area contributed by atoms with Gasteiger partial charge in [-0.25, -0.2) is 4.98 Å². The van der Waals surface area contributed by atoms with Crippen LogP contribution in [0, 0.1) is 6.92 Å². The molecule has 1 atom stereocenters. The molecule has 1 aromatic heterocycles. The van der Waals surface area contributed by atoms with E-state index in [0.717, 1.165) is 26.7 Å². The van der Waals surface area contributed by atoms with E-state index in [0.29, 0.717) is 36.2 Å². The summed E-state index contributed by atoms with van der Waals surface area (Å²) in [6.45, 7) is 2.72. The molecule has 31 heavy (non-hydrogen) atoms. The van der Waals surface area contributed by atoms with Crippen LogP contribution in [0.5, 0.6) is 23.0 Å². The first kappa shape index (κ1) is 21.0. The van der Waals surface area contributed by atoms with E-state index in [4.69, 9.17) is 24.1 Å². The lowest BCUT2D eigenvalue weighted by atomic mass is 9.98. The Kier molecular flexibility index (Phi) is 5.99. The highest BCUT2D eigenvalue weighted by Crippen LogP contribution is 2.39. The molecule has 0 saturated carbocycles. The first-order chi connectivity index (χ1) is 15.0. The van der Waals surface area contributed by atoms with E-state index in [-0.39, 0.29) is 12.3 Å². The molecule has 1 aliphatic rings. The molecule has 3 aromatic rings. The Bertz CT molecular complexity index is 1090. The maximum atomic E-state index is 11.0. The molecule has 4 rings (SSSR count). The number of fused-ring (bicyclic) bond motifs is 1. The maximum absolute atomic E-state index is 11.0. The molecular weight excluding hydrogens is 418 g/mol. The van der Waals surface area contributed by atoms with Crippen molar-refractivity contribution in [2.75, 3.05) is 20.8 Å². The zero-order valence-electron chi connectivity index (χ0n) is 17.5. The number of carbonyl (C=O) groups is 1. The van der Waals surface area contributed by atoms with Crippen LogP contribution < -0.4 is 18.9 Å². The van der Waals surface area contributed by atoms with Gasteiger partial charge in [-0.1, -0.05) is 6.07 Å². The molecular formula is C23H23NO6S. The lowest BCUT2D eigenvalue weighted by molar-refractivity contribution is -0.137. The van der Waals surface area contributed by atoms with Crippen LogP contribution in [-0.4, -0.2) is 36.9 Å². The number of carboxylic acid groups (broad SMARTS) is 1. The van der Waals surface area contributed by atoms with E-state index in [1.54, 1.807) is 25.6 Å². The number of aryl methyl sites for hydroxylation is 1. The van der Waals surface area contributed by atoms with Crippen LogP contribution >= 0.6 is 11.3 Å². The van der Waals surface area contributed by atoms with Crippen LogP contribution in [0.15, 0.2) is 36.4 Å². The van der Waals surface area contributed by atoms with Crippen molar-refractivity contribution >= 4 is 17.3 Å². The fourth-order valence-corrected chi connectivity index (χ4v) is 4.45. The van der Waals surface area contributed by atoms with E-state index in [2.05, 4.69) is 4.98 Å². The predicted octanol–water partition coefficient (Wildman–Crippen LogP) is 4.67. The molecule has 2 aromatic carbocycles. The predicted molar refractivity (Wildman–Crippen MR) is 117 cm³/mol. The maximum Gasteiger partial charge on any atom is 0.304 e. The van der Waals surface area contributed by atoms with Gasteiger partial charge in [0.05, 0.1) is 37.8 Å². The van der Waals surface area contributed by atoms with Gasteiger partial charge in [0.15, 0.2) is 0 Å². The van der Waals surface area contributed by atoms with Gasteiger partial charge in [0.1, 0.15) is 34.6 Å². The lowest BCUT2D eigenvalue weighted by Crippen LogP contribution is -2.07. The van der Waals surface area contributed by atoms with Gasteiger partial charge in [0, 0.05) is 29.2 Å². The third-order valence-corrected chi connectivity index (χ3v) is 6.33. The molecule has 1 unspecified atom stereocenters. The summed E-state index contributed by atoms with van der Waals surface area (Å²) in [5.41, 5.74) is 2.74. The third kappa shape index (κ3) is 4.59. The second-order valence-corrected chi connectivity index (χ2v) is 8.31. The molecule has 0 amide bonds. The van der Waals surface area contributed by atoms with Crippen molar-refractivity contribution in [1.82, 2.24) is 4.98 Å². The van der Waals surface area contributed by atoms with Crippen molar-refractivity contribution in [2.24, 2.45) is 0 Å². The number of ether oxygens (including phenoxy) is 4. The standard InChI is InChI=1S/C23H23NO6S/c1-13-21(31-23(24-13)14-6-17(27-2)9-18(7-14)28-3)12-29-16-4-5-19-15(8-22(25)26)11-30-20(19)10-16/h4-7,9-10,15H,8,11-12H2,1-3H3,(H,25,26). The first-order valence-corrected chi connectivity index (χ1v) is 10.6. The van der Waals surface area contributed by atoms with Gasteiger partial charge >= 0.3 is 5.97 Å². The van der Waals surface area contributed by atoms with Crippen molar-refractivity contribution in [1.29, 1.82) is 0 Å². The molecule has 0 spiro atoms. The van der Waals surface area contributed by atoms with Gasteiger partial charge in [0.25, 0.3) is 0 Å². The summed E-state index contributed by atoms with van der Waals surface area (Å²) in [6.07, 6.45) is 0.0606. The Morgan fingerprint density at radius 2 is 1.90 bits per heavy atom. The Hall–Kier alpha value is -3.26. The number of aliphatic carboxylic acids is 1. The first-order valence-electron chi connectivity index (χ1n) is 9.78. The molecule has 8 heteroatoms. The van der Waals surface area contributed by atoms with Crippen molar-refractivity contribution in [3.8, 4) is 33.6 Å². The number of nitrogens with zero attached hydrogens (tertiary/aromatic N) is 1. The number of aromatic nitrogens is 1. The number of rotatable bonds is 8. The normalized spacial score (nSPS) is 14.6. The van der Waals surface area contributed by atoms with Gasteiger partial charge in [-0.15, -0.1) is 11.3 Å². The van der Waals surface area contributed by atoms with Crippen LogP contribution in [0.4, 0.5) is 0 Å². The Labute approximate surface area is 184 Å². The van der Waals surface area contributed by atoms with Crippen LogP contribution in [-0.2, 0) is 11.4 Å². The van der Waals surface area contributed by atoms with E-state index in [9.17, 15) is 4.79 Å². The quantitative estimate of drug-likeness (QED) is 0.544. The van der Waals surface area contributed by atoms with Gasteiger partial charge in [-0.2, -0.15) is 0 Å². The summed E-state index contributed by atoms with van der Waals surface area (Å²) in [5, 5.41) is 9.90. The van der Waals surface area contributed by atoms with Gasteiger partial charge in [-0.05, 0) is 25.1 Å². The summed E-state index contributed by atoms with van der Waals surface area (Å²) in [5.74, 6) is 1.83. The van der Waals surface area contributed by atoms with E-state index in [1.165, 1.54) is 0 Å². The number of carboxylic acids is 1. The Morgan fingerprint density at radius 3 is 2.58 bits per heavy atom. The summed E-state index contributed by atoms with van der Waals surface area (Å²) in [6, 6.07) is 11.2. The van der Waals surface area contributed by atoms with Crippen molar-refractivity contribution in [2.45, 2.75) is 25.9 Å². The summed E-state index contributed by atoms with van der Waals surface area (Å²) < 4.78 is 22.3. The van der Waals surface area contributed by atoms with Crippen LogP contribution in [0.3, 0.4) is 0 Å². The molecule has 0 bridgehead atoms. The molecule has 2 heterocycles. The number of benzene rings is 2. The molecule has 162 valence electrons. The lowest BCUT2D eigenvalue weighted by Gasteiger charge is -2.08. The van der Waals surface area contributed by atoms with E-state index >= 15 is 0 Å². The zero-order valence-corrected chi connectivity index (χ0v) is 18.3. The van der Waals surface area contributed by atoms with E-state index in [1.807, 2.05) is 43.3 Å². The largest absolute Gasteiger partial charge is 0.497 e. The summed E-state index contributed by atoms with van der Waals surface area (Å²) in [7, 11) is 3.24. The Balaban J connectivity index is 1.48. The average Bonchev–Trinajstić information content (AvgIpc) is 3.34. The topological polar surface area (TPSA) is 87.1 Å². The number of hydrogen-bond donors (Lipinski definition) is 1. The van der Waals surface area contributed by atoms with Gasteiger partial charge in [0.2, 0.25) is 0 Å². The van der Waals surface area contributed by atoms with Gasteiger partial charge in [-0.3, -0.25) is 4.79 Å². The van der Waals surface area contributed by atoms with Gasteiger partial charge < -0.3 is 24.1 Å². The third-order valence-electron chi connectivity index (χ3n) is 5.15. The monoisotopic (exact) mass is 441 g/mol. The van der Waals surface area contributed by atoms with E-state index < -0.39 is 5.97 Å². The molecule has 1 aliphatic heterocycles. The number of methoxy groups -OCH3 is 2. The minimum Gasteiger partial charge on any atom is -0.497 e. The van der Waals surface area contributed by atoms with Crippen molar-refractivity contribution in [3.05, 3.63) is 52.5 Å². The molecule has 1 N–H and O–H groups in total. The average molecular weight is 442 g/mol. The summed E-state index contributed by atoms with van der Waals surface area (Å²) in [4.78, 5) is 16.7. The summed E-state index contributed by atoms with van der Waals surface area (Å²) >= 11 is 1.56. The smallest absolute Gasteiger partial charge is 0.304 e. The highest BCUT2D eigenvalue weighted by molar-refractivity contribution is 7.15. The van der Waals surface area contributed by atoms with Crippen molar-refractivity contribution < 1.29 is 28.8 Å². The second kappa shape index (κ2) is 8.85. The molecule has 0 aliphatic carbocycles. The highest BCUT2D eigenvalue weighted by Gasteiger charge is 2.26. The molecule has 0 saturated heterocycles. The number of hydrogen-bond acceptors (Lipinski definition) is 7. The fraction of sp³-hybridized carbons (Fsp3) is 0.304. The van der Waals surface area contributed by atoms with Crippen molar-refractivity contribution in [3.63, 3.8) is 0 Å². The van der Waals surface area contributed by atoms with Crippen LogP contribution in [0.2, 0.25) is 0 Å².